The van der Waals surface area contributed by atoms with Crippen molar-refractivity contribution in [3.8, 4) is 0 Å². The van der Waals surface area contributed by atoms with E-state index in [4.69, 9.17) is 28.9 Å². The van der Waals surface area contributed by atoms with E-state index in [2.05, 4.69) is 16.0 Å². The number of halogens is 2. The molecule has 1 heterocycles. The molecule has 0 spiro atoms. The maximum Gasteiger partial charge on any atom is 0.326 e. The van der Waals surface area contributed by atoms with E-state index in [1.165, 1.54) is 12.1 Å². The van der Waals surface area contributed by atoms with E-state index in [1.54, 1.807) is 30.3 Å². The Morgan fingerprint density at radius 1 is 1.20 bits per heavy atom. The van der Waals surface area contributed by atoms with E-state index in [0.717, 1.165) is 5.56 Å². The van der Waals surface area contributed by atoms with Crippen molar-refractivity contribution in [3.63, 3.8) is 0 Å². The van der Waals surface area contributed by atoms with Crippen LogP contribution in [0, 0.1) is 0 Å². The van der Waals surface area contributed by atoms with Crippen LogP contribution in [0.25, 0.3) is 5.57 Å². The van der Waals surface area contributed by atoms with E-state index in [9.17, 15) is 19.5 Å². The zero-order valence-electron chi connectivity index (χ0n) is 15.5. The monoisotopic (exact) mass is 448 g/mol. The Morgan fingerprint density at radius 3 is 2.53 bits per heavy atom. The molecular weight excluding hydrogens is 431 g/mol. The Labute approximate surface area is 182 Å². The molecule has 0 fully saturated rings. The number of urea groups is 1. The molecule has 0 bridgehead atoms. The van der Waals surface area contributed by atoms with Crippen molar-refractivity contribution in [2.45, 2.75) is 19.0 Å². The van der Waals surface area contributed by atoms with Crippen molar-refractivity contribution in [3.05, 3.63) is 63.6 Å². The molecule has 3 amide bonds. The minimum absolute atomic E-state index is 0.0782. The number of fused-ring (bicyclic) bond motifs is 1. The van der Waals surface area contributed by atoms with Crippen molar-refractivity contribution in [1.82, 2.24) is 5.32 Å². The lowest BCUT2D eigenvalue weighted by Gasteiger charge is -2.27. The fraction of sp³-hybridized carbons (Fsp3) is 0.150. The Kier molecular flexibility index (Phi) is 6.49. The van der Waals surface area contributed by atoms with Gasteiger partial charge >= 0.3 is 12.0 Å². The quantitative estimate of drug-likeness (QED) is 0.446. The minimum atomic E-state index is -1.05. The molecule has 6 N–H and O–H groups in total. The number of hydrogen-bond donors (Lipinski definition) is 5. The first kappa shape index (κ1) is 21.5. The summed E-state index contributed by atoms with van der Waals surface area (Å²) >= 11 is 12.3. The molecule has 2 aromatic rings. The number of benzene rings is 2. The molecule has 10 heteroatoms. The Hall–Kier alpha value is -3.23. The molecule has 3 rings (SSSR count). The molecular formula is C20H18Cl2N4O4. The number of primary amides is 1. The van der Waals surface area contributed by atoms with Crippen molar-refractivity contribution in [1.29, 1.82) is 0 Å². The van der Waals surface area contributed by atoms with Gasteiger partial charge in [-0.1, -0.05) is 35.3 Å². The second kappa shape index (κ2) is 9.06. The summed E-state index contributed by atoms with van der Waals surface area (Å²) in [4.78, 5) is 34.8. The Balaban J connectivity index is 1.80. The van der Waals surface area contributed by atoms with Crippen molar-refractivity contribution >= 4 is 58.1 Å². The first-order chi connectivity index (χ1) is 14.2. The van der Waals surface area contributed by atoms with E-state index in [1.807, 2.05) is 0 Å². The minimum Gasteiger partial charge on any atom is -0.480 e. The van der Waals surface area contributed by atoms with Gasteiger partial charge in [0.15, 0.2) is 0 Å². The summed E-state index contributed by atoms with van der Waals surface area (Å²) in [6.07, 6.45) is 1.41. The van der Waals surface area contributed by atoms with Gasteiger partial charge in [-0.2, -0.15) is 0 Å². The number of carbonyl (C=O) groups is 3. The molecule has 1 aliphatic rings. The summed E-state index contributed by atoms with van der Waals surface area (Å²) in [6.45, 7) is 0.273. The highest BCUT2D eigenvalue weighted by Crippen LogP contribution is 2.40. The third kappa shape index (κ3) is 5.22. The summed E-state index contributed by atoms with van der Waals surface area (Å²) in [6, 6.07) is 8.40. The first-order valence-electron chi connectivity index (χ1n) is 8.85. The number of amides is 3. The number of nitrogens with one attached hydrogen (secondary N) is 3. The zero-order chi connectivity index (χ0) is 21.8. The van der Waals surface area contributed by atoms with Gasteiger partial charge in [0.1, 0.15) is 6.04 Å². The summed E-state index contributed by atoms with van der Waals surface area (Å²) in [7, 11) is 0. The molecule has 1 atom stereocenters. The van der Waals surface area contributed by atoms with Gasteiger partial charge in [0.25, 0.3) is 0 Å². The topological polar surface area (TPSA) is 134 Å². The molecule has 0 radical (unpaired) electrons. The van der Waals surface area contributed by atoms with Crippen molar-refractivity contribution < 1.29 is 19.5 Å². The molecule has 1 aliphatic heterocycles. The Bertz CT molecular complexity index is 1040. The molecule has 8 nitrogen and oxygen atoms in total. The second-order valence-corrected chi connectivity index (χ2v) is 7.47. The van der Waals surface area contributed by atoms with Gasteiger partial charge in [0.05, 0.1) is 5.02 Å². The first-order valence-corrected chi connectivity index (χ1v) is 9.61. The lowest BCUT2D eigenvalue weighted by Crippen LogP contribution is -2.33. The highest BCUT2D eigenvalue weighted by atomic mass is 35.5. The van der Waals surface area contributed by atoms with E-state index in [0.29, 0.717) is 32.6 Å². The third-order valence-electron chi connectivity index (χ3n) is 4.42. The maximum atomic E-state index is 12.5. The lowest BCUT2D eigenvalue weighted by molar-refractivity contribution is -0.137. The smallest absolute Gasteiger partial charge is 0.326 e. The number of rotatable bonds is 5. The molecule has 156 valence electrons. The average Bonchev–Trinajstić information content (AvgIpc) is 2.66. The van der Waals surface area contributed by atoms with Gasteiger partial charge in [-0.25, -0.2) is 9.59 Å². The molecule has 0 saturated carbocycles. The third-order valence-corrected chi connectivity index (χ3v) is 4.94. The van der Waals surface area contributed by atoms with Gasteiger partial charge in [-0.3, -0.25) is 4.79 Å². The standard InChI is InChI=1S/C20H18Cl2N4O4/c21-12-7-14(22)18-11(5-16(19(28)29)26-15(18)8-12)6-17(27)25-13-3-1-10(2-4-13)9-24-20(23)30/h1-4,6-8,16,26H,5,9H2,(H,25,27)(H,28,29)(H3,23,24,30)/b11-6+. The van der Waals surface area contributed by atoms with Crippen LogP contribution in [0.2, 0.25) is 10.0 Å². The molecule has 2 aromatic carbocycles. The van der Waals surface area contributed by atoms with Gasteiger partial charge in [0.2, 0.25) is 5.91 Å². The summed E-state index contributed by atoms with van der Waals surface area (Å²) in [5.74, 6) is -1.49. The number of aliphatic carboxylic acids is 1. The van der Waals surface area contributed by atoms with Gasteiger partial charge in [-0.05, 0) is 35.4 Å². The number of carbonyl (C=O) groups excluding carboxylic acids is 2. The zero-order valence-corrected chi connectivity index (χ0v) is 17.1. The fourth-order valence-corrected chi connectivity index (χ4v) is 3.70. The fourth-order valence-electron chi connectivity index (χ4n) is 3.09. The van der Waals surface area contributed by atoms with E-state index in [-0.39, 0.29) is 13.0 Å². The van der Waals surface area contributed by atoms with Crippen LogP contribution in [0.3, 0.4) is 0 Å². The van der Waals surface area contributed by atoms with Gasteiger partial charge < -0.3 is 26.8 Å². The van der Waals surface area contributed by atoms with Crippen LogP contribution in [0.15, 0.2) is 42.5 Å². The highest BCUT2D eigenvalue weighted by molar-refractivity contribution is 6.36. The van der Waals surface area contributed by atoms with Crippen LogP contribution in [-0.4, -0.2) is 29.1 Å². The molecule has 1 unspecified atom stereocenters. The van der Waals surface area contributed by atoms with Gasteiger partial charge in [-0.15, -0.1) is 0 Å². The van der Waals surface area contributed by atoms with Crippen LogP contribution in [0.4, 0.5) is 16.2 Å². The normalized spacial score (nSPS) is 16.3. The number of carboxylic acids is 1. The largest absolute Gasteiger partial charge is 0.480 e. The summed E-state index contributed by atoms with van der Waals surface area (Å²) in [5.41, 5.74) is 7.86. The van der Waals surface area contributed by atoms with E-state index < -0.39 is 23.9 Å². The number of anilines is 2. The maximum absolute atomic E-state index is 12.5. The van der Waals surface area contributed by atoms with Crippen molar-refractivity contribution in [2.24, 2.45) is 5.73 Å². The van der Waals surface area contributed by atoms with Crippen molar-refractivity contribution in [2.75, 3.05) is 10.6 Å². The Morgan fingerprint density at radius 2 is 1.90 bits per heavy atom. The number of carboxylic acid groups (broad SMARTS) is 1. The van der Waals surface area contributed by atoms with E-state index >= 15 is 0 Å². The van der Waals surface area contributed by atoms with Crippen LogP contribution in [0.5, 0.6) is 0 Å². The number of hydrogen-bond acceptors (Lipinski definition) is 4. The molecule has 30 heavy (non-hydrogen) atoms. The highest BCUT2D eigenvalue weighted by Gasteiger charge is 2.29. The summed E-state index contributed by atoms with van der Waals surface area (Å²) in [5, 5.41) is 18.1. The second-order valence-electron chi connectivity index (χ2n) is 6.62. The van der Waals surface area contributed by atoms with Crippen LogP contribution in [-0.2, 0) is 16.1 Å². The lowest BCUT2D eigenvalue weighted by atomic mass is 9.92. The SMILES string of the molecule is NC(=O)NCc1ccc(NC(=O)/C=C2\CC(C(=O)O)Nc3cc(Cl)cc(Cl)c32)cc1. The van der Waals surface area contributed by atoms with Crippen LogP contribution >= 0.6 is 23.2 Å². The molecule has 0 aromatic heterocycles. The van der Waals surface area contributed by atoms with Gasteiger partial charge in [0, 0.05) is 41.0 Å². The predicted molar refractivity (Wildman–Crippen MR) is 116 cm³/mol. The molecule has 0 aliphatic carbocycles. The summed E-state index contributed by atoms with van der Waals surface area (Å²) < 4.78 is 0. The van der Waals surface area contributed by atoms with Crippen LogP contribution in [0.1, 0.15) is 17.5 Å². The average molecular weight is 449 g/mol. The van der Waals surface area contributed by atoms with Crippen LogP contribution < -0.4 is 21.7 Å². The molecule has 0 saturated heterocycles. The predicted octanol–water partition coefficient (Wildman–Crippen LogP) is 3.45. The number of nitrogens with two attached hydrogens (primary N) is 1.